The van der Waals surface area contributed by atoms with E-state index in [1.165, 1.54) is 39.2 Å². The summed E-state index contributed by atoms with van der Waals surface area (Å²) in [5, 5.41) is 4.96. The molecule has 7 nitrogen and oxygen atoms in total. The smallest absolute Gasteiger partial charge is 0.350 e. The summed E-state index contributed by atoms with van der Waals surface area (Å²) in [4.78, 5) is 17.7. The summed E-state index contributed by atoms with van der Waals surface area (Å²) in [6.07, 6.45) is 3.10. The summed E-state index contributed by atoms with van der Waals surface area (Å²) < 4.78 is 26.9. The summed E-state index contributed by atoms with van der Waals surface area (Å²) in [7, 11) is 0. The van der Waals surface area contributed by atoms with Crippen molar-refractivity contribution in [1.29, 1.82) is 0 Å². The molecule has 0 N–H and O–H groups in total. The van der Waals surface area contributed by atoms with Gasteiger partial charge in [-0.25, -0.2) is 23.3 Å². The molecule has 0 atom stereocenters. The molecule has 2 aromatic heterocycles. The van der Waals surface area contributed by atoms with Gasteiger partial charge in [-0.3, -0.25) is 0 Å². The minimum Gasteiger partial charge on any atom is -0.454 e. The van der Waals surface area contributed by atoms with Crippen LogP contribution in [0.3, 0.4) is 0 Å². The monoisotopic (exact) mass is 396 g/mol. The van der Waals surface area contributed by atoms with Gasteiger partial charge in [-0.1, -0.05) is 23.9 Å². The van der Waals surface area contributed by atoms with Crippen molar-refractivity contribution in [2.75, 3.05) is 6.79 Å². The highest BCUT2D eigenvalue weighted by Crippen LogP contribution is 2.32. The van der Waals surface area contributed by atoms with Crippen LogP contribution in [-0.4, -0.2) is 26.0 Å². The zero-order chi connectivity index (χ0) is 19.1. The van der Waals surface area contributed by atoms with Crippen LogP contribution in [0.5, 0.6) is 11.5 Å². The third kappa shape index (κ3) is 2.99. The van der Waals surface area contributed by atoms with Crippen molar-refractivity contribution in [3.8, 4) is 11.5 Å². The average molecular weight is 396 g/mol. The topological polar surface area (TPSA) is 70.7 Å². The van der Waals surface area contributed by atoms with Crippen LogP contribution in [0.4, 0.5) is 4.39 Å². The van der Waals surface area contributed by atoms with Crippen molar-refractivity contribution >= 4 is 17.4 Å². The first-order chi connectivity index (χ1) is 13.7. The fraction of sp³-hybridized carbons (Fsp3) is 0.105. The van der Waals surface area contributed by atoms with E-state index in [9.17, 15) is 9.18 Å². The number of rotatable bonds is 4. The van der Waals surface area contributed by atoms with Crippen molar-refractivity contribution in [3.63, 3.8) is 0 Å². The second-order valence-corrected chi connectivity index (χ2v) is 7.18. The summed E-state index contributed by atoms with van der Waals surface area (Å²) in [6.45, 7) is 0.473. The van der Waals surface area contributed by atoms with Gasteiger partial charge in [-0.05, 0) is 35.9 Å². The molecule has 0 saturated heterocycles. The SMILES string of the molecule is O=c1n(Cc2ccc3c(c2)OCO3)nc2c(Sc3cccc(F)c3)nccn12. The van der Waals surface area contributed by atoms with Gasteiger partial charge in [0.15, 0.2) is 17.1 Å². The van der Waals surface area contributed by atoms with Gasteiger partial charge >= 0.3 is 5.69 Å². The molecule has 5 rings (SSSR count). The van der Waals surface area contributed by atoms with Gasteiger partial charge in [0.2, 0.25) is 6.79 Å². The zero-order valence-corrected chi connectivity index (χ0v) is 15.2. The molecule has 28 heavy (non-hydrogen) atoms. The van der Waals surface area contributed by atoms with Crippen LogP contribution in [0.15, 0.2) is 69.6 Å². The van der Waals surface area contributed by atoms with Gasteiger partial charge in [0.25, 0.3) is 0 Å². The molecule has 1 aliphatic heterocycles. The standard InChI is InChI=1S/C19H13FN4O3S/c20-13-2-1-3-14(9-13)28-18-17-22-24(19(25)23(17)7-6-21-18)10-12-4-5-15-16(8-12)27-11-26-15/h1-9H,10-11H2. The molecule has 1 aliphatic rings. The molecule has 3 heterocycles. The van der Waals surface area contributed by atoms with E-state index in [0.717, 1.165) is 5.56 Å². The molecule has 0 unspecified atom stereocenters. The number of hydrogen-bond acceptors (Lipinski definition) is 6. The second kappa shape index (κ2) is 6.68. The molecule has 9 heteroatoms. The summed E-state index contributed by atoms with van der Waals surface area (Å²) in [5.74, 6) is 1.00. The molecule has 0 aliphatic carbocycles. The van der Waals surface area contributed by atoms with Gasteiger partial charge in [0.1, 0.15) is 10.8 Å². The van der Waals surface area contributed by atoms with Crippen LogP contribution < -0.4 is 15.2 Å². The van der Waals surface area contributed by atoms with Crippen LogP contribution in [0.1, 0.15) is 5.56 Å². The van der Waals surface area contributed by atoms with Gasteiger partial charge in [0, 0.05) is 17.3 Å². The first kappa shape index (κ1) is 16.8. The molecular weight excluding hydrogens is 383 g/mol. The fourth-order valence-corrected chi connectivity index (χ4v) is 3.84. The summed E-state index contributed by atoms with van der Waals surface area (Å²) in [5.41, 5.74) is 1.00. The summed E-state index contributed by atoms with van der Waals surface area (Å²) in [6, 6.07) is 11.7. The van der Waals surface area contributed by atoms with Crippen molar-refractivity contribution in [2.24, 2.45) is 0 Å². The number of nitrogens with zero attached hydrogens (tertiary/aromatic N) is 4. The average Bonchev–Trinajstić information content (AvgIpc) is 3.27. The van der Waals surface area contributed by atoms with Gasteiger partial charge in [-0.2, -0.15) is 0 Å². The molecule has 0 spiro atoms. The van der Waals surface area contributed by atoms with Gasteiger partial charge < -0.3 is 9.47 Å². The van der Waals surface area contributed by atoms with E-state index in [1.807, 2.05) is 18.2 Å². The Morgan fingerprint density at radius 1 is 1.14 bits per heavy atom. The highest BCUT2D eigenvalue weighted by Gasteiger charge is 2.16. The maximum atomic E-state index is 13.5. The largest absolute Gasteiger partial charge is 0.454 e. The Kier molecular flexibility index (Phi) is 4.01. The van der Waals surface area contributed by atoms with E-state index in [0.29, 0.717) is 27.1 Å². The zero-order valence-electron chi connectivity index (χ0n) is 14.4. The van der Waals surface area contributed by atoms with Crippen LogP contribution in [0, 0.1) is 5.82 Å². The maximum absolute atomic E-state index is 13.5. The minimum atomic E-state index is -0.331. The number of benzene rings is 2. The lowest BCUT2D eigenvalue weighted by Crippen LogP contribution is -2.21. The molecule has 0 radical (unpaired) electrons. The predicted octanol–water partition coefficient (Wildman–Crippen LogP) is 2.96. The third-order valence-corrected chi connectivity index (χ3v) is 5.22. The predicted molar refractivity (Wildman–Crippen MR) is 99.4 cm³/mol. The lowest BCUT2D eigenvalue weighted by molar-refractivity contribution is 0.174. The molecular formula is C19H13FN4O3S. The Labute approximate surface area is 162 Å². The van der Waals surface area contributed by atoms with Crippen LogP contribution in [0.25, 0.3) is 5.65 Å². The van der Waals surface area contributed by atoms with E-state index in [4.69, 9.17) is 9.47 Å². The van der Waals surface area contributed by atoms with E-state index in [-0.39, 0.29) is 24.8 Å². The highest BCUT2D eigenvalue weighted by atomic mass is 32.2. The summed E-state index contributed by atoms with van der Waals surface area (Å²) >= 11 is 1.25. The molecule has 4 aromatic rings. The van der Waals surface area contributed by atoms with Crippen LogP contribution >= 0.6 is 11.8 Å². The Balaban J connectivity index is 1.51. The second-order valence-electron chi connectivity index (χ2n) is 6.11. The Bertz CT molecular complexity index is 1250. The lowest BCUT2D eigenvalue weighted by atomic mass is 10.2. The maximum Gasteiger partial charge on any atom is 0.350 e. The fourth-order valence-electron chi connectivity index (χ4n) is 2.96. The molecule has 140 valence electrons. The number of ether oxygens (including phenoxy) is 2. The number of fused-ring (bicyclic) bond motifs is 2. The van der Waals surface area contributed by atoms with E-state index in [2.05, 4.69) is 10.1 Å². The third-order valence-electron chi connectivity index (χ3n) is 4.25. The number of hydrogen-bond donors (Lipinski definition) is 0. The number of halogens is 1. The van der Waals surface area contributed by atoms with Gasteiger partial charge in [-0.15, -0.1) is 5.10 Å². The van der Waals surface area contributed by atoms with E-state index < -0.39 is 0 Å². The lowest BCUT2D eigenvalue weighted by Gasteiger charge is -2.02. The molecule has 0 fully saturated rings. The van der Waals surface area contributed by atoms with Crippen LogP contribution in [-0.2, 0) is 6.54 Å². The number of aromatic nitrogens is 4. The molecule has 0 saturated carbocycles. The Hall–Kier alpha value is -3.33. The van der Waals surface area contributed by atoms with Gasteiger partial charge in [0.05, 0.1) is 6.54 Å². The highest BCUT2D eigenvalue weighted by molar-refractivity contribution is 7.99. The van der Waals surface area contributed by atoms with Crippen molar-refractivity contribution in [3.05, 3.63) is 76.7 Å². The minimum absolute atomic E-state index is 0.194. The normalized spacial score (nSPS) is 12.6. The Morgan fingerprint density at radius 3 is 2.93 bits per heavy atom. The van der Waals surface area contributed by atoms with Crippen molar-refractivity contribution in [1.82, 2.24) is 19.2 Å². The molecule has 2 aromatic carbocycles. The van der Waals surface area contributed by atoms with Crippen molar-refractivity contribution < 1.29 is 13.9 Å². The molecule has 0 bridgehead atoms. The van der Waals surface area contributed by atoms with Crippen molar-refractivity contribution in [2.45, 2.75) is 16.5 Å². The van der Waals surface area contributed by atoms with E-state index in [1.54, 1.807) is 18.3 Å². The molecule has 0 amide bonds. The van der Waals surface area contributed by atoms with E-state index >= 15 is 0 Å². The van der Waals surface area contributed by atoms with Crippen LogP contribution in [0.2, 0.25) is 0 Å². The Morgan fingerprint density at radius 2 is 2.04 bits per heavy atom. The first-order valence-electron chi connectivity index (χ1n) is 8.43. The quantitative estimate of drug-likeness (QED) is 0.528. The first-order valence-corrected chi connectivity index (χ1v) is 9.25.